The van der Waals surface area contributed by atoms with E-state index in [-0.39, 0.29) is 12.1 Å². The van der Waals surface area contributed by atoms with Crippen LogP contribution in [0.2, 0.25) is 0 Å². The number of esters is 1. The van der Waals surface area contributed by atoms with Crippen LogP contribution in [0.3, 0.4) is 0 Å². The molecular formula is C15H28N2O3. The highest BCUT2D eigenvalue weighted by molar-refractivity contribution is 5.81. The van der Waals surface area contributed by atoms with E-state index >= 15 is 0 Å². The molecule has 1 saturated heterocycles. The highest BCUT2D eigenvalue weighted by Gasteiger charge is 2.46. The first-order valence-electron chi connectivity index (χ1n) is 7.83. The van der Waals surface area contributed by atoms with Crippen molar-refractivity contribution in [3.63, 3.8) is 0 Å². The molecule has 0 amide bonds. The first-order chi connectivity index (χ1) is 9.50. The Morgan fingerprint density at radius 2 is 2.25 bits per heavy atom. The number of ether oxygens (including phenoxy) is 2. The number of hydrogen-bond donors (Lipinski definition) is 1. The van der Waals surface area contributed by atoms with Crippen molar-refractivity contribution in [2.45, 2.75) is 70.2 Å². The summed E-state index contributed by atoms with van der Waals surface area (Å²) >= 11 is 0. The van der Waals surface area contributed by atoms with Gasteiger partial charge in [0, 0.05) is 18.6 Å². The molecule has 1 saturated carbocycles. The first-order valence-corrected chi connectivity index (χ1v) is 7.83. The summed E-state index contributed by atoms with van der Waals surface area (Å²) < 4.78 is 10.9. The van der Waals surface area contributed by atoms with Crippen LogP contribution in [0.25, 0.3) is 0 Å². The molecule has 2 N–H and O–H groups in total. The Hall–Kier alpha value is -0.650. The van der Waals surface area contributed by atoms with Crippen LogP contribution >= 0.6 is 0 Å². The number of rotatable bonds is 4. The number of hydrogen-bond acceptors (Lipinski definition) is 5. The Morgan fingerprint density at radius 1 is 1.50 bits per heavy atom. The molecule has 1 aliphatic carbocycles. The quantitative estimate of drug-likeness (QED) is 0.788. The predicted molar refractivity (Wildman–Crippen MR) is 77.4 cm³/mol. The molecular weight excluding hydrogens is 256 g/mol. The lowest BCUT2D eigenvalue weighted by Gasteiger charge is -2.42. The molecule has 1 heterocycles. The maximum Gasteiger partial charge on any atom is 0.326 e. The summed E-state index contributed by atoms with van der Waals surface area (Å²) in [5, 5.41) is 0. The summed E-state index contributed by atoms with van der Waals surface area (Å²) in [6.45, 7) is 8.23. The lowest BCUT2D eigenvalue weighted by atomic mass is 9.98. The largest absolute Gasteiger partial charge is 0.465 e. The second kappa shape index (κ2) is 6.41. The van der Waals surface area contributed by atoms with Crippen LogP contribution in [-0.2, 0) is 14.3 Å². The van der Waals surface area contributed by atoms with E-state index in [0.29, 0.717) is 25.1 Å². The molecule has 0 aromatic carbocycles. The van der Waals surface area contributed by atoms with E-state index in [9.17, 15) is 4.79 Å². The molecule has 0 aromatic heterocycles. The first kappa shape index (κ1) is 15.7. The molecule has 2 fully saturated rings. The van der Waals surface area contributed by atoms with Gasteiger partial charge in [-0.15, -0.1) is 0 Å². The zero-order chi connectivity index (χ0) is 14.8. The van der Waals surface area contributed by atoms with Gasteiger partial charge in [0.2, 0.25) is 0 Å². The predicted octanol–water partition coefficient (Wildman–Crippen LogP) is 1.30. The molecule has 116 valence electrons. The van der Waals surface area contributed by atoms with Crippen molar-refractivity contribution in [3.05, 3.63) is 0 Å². The van der Waals surface area contributed by atoms with Crippen molar-refractivity contribution in [3.8, 4) is 0 Å². The average molecular weight is 284 g/mol. The van der Waals surface area contributed by atoms with Gasteiger partial charge < -0.3 is 15.2 Å². The van der Waals surface area contributed by atoms with E-state index in [4.69, 9.17) is 15.2 Å². The number of nitrogens with zero attached hydrogens (tertiary/aromatic N) is 1. The van der Waals surface area contributed by atoms with Crippen molar-refractivity contribution in [1.82, 2.24) is 4.90 Å². The van der Waals surface area contributed by atoms with E-state index in [2.05, 4.69) is 18.7 Å². The summed E-state index contributed by atoms with van der Waals surface area (Å²) in [5.41, 5.74) is 5.48. The van der Waals surface area contributed by atoms with Gasteiger partial charge in [-0.2, -0.15) is 0 Å². The molecule has 20 heavy (non-hydrogen) atoms. The summed E-state index contributed by atoms with van der Waals surface area (Å²) in [4.78, 5) is 14.5. The van der Waals surface area contributed by atoms with Gasteiger partial charge in [-0.05, 0) is 39.5 Å². The summed E-state index contributed by atoms with van der Waals surface area (Å²) in [5.74, 6) is -0.239. The van der Waals surface area contributed by atoms with Gasteiger partial charge in [-0.3, -0.25) is 9.69 Å². The topological polar surface area (TPSA) is 64.8 Å². The lowest BCUT2D eigenvalue weighted by Crippen LogP contribution is -2.54. The molecule has 1 aliphatic heterocycles. The minimum absolute atomic E-state index is 0.239. The Labute approximate surface area is 121 Å². The standard InChI is InChI=1S/C15H28N2O3/c1-4-12-10-20-11(3)9-17(12)13-6-7-15(16,8-13)14(18)19-5-2/h11-13H,4-10,16H2,1-3H3. The van der Waals surface area contributed by atoms with Crippen LogP contribution in [0, 0.1) is 0 Å². The number of carbonyl (C=O) groups is 1. The Morgan fingerprint density at radius 3 is 2.90 bits per heavy atom. The molecule has 0 radical (unpaired) electrons. The fourth-order valence-corrected chi connectivity index (χ4v) is 3.46. The normalized spacial score (nSPS) is 38.9. The van der Waals surface area contributed by atoms with E-state index < -0.39 is 5.54 Å². The van der Waals surface area contributed by atoms with Crippen molar-refractivity contribution in [2.75, 3.05) is 19.8 Å². The minimum atomic E-state index is -0.791. The third-order valence-corrected chi connectivity index (χ3v) is 4.66. The zero-order valence-corrected chi connectivity index (χ0v) is 12.9. The highest BCUT2D eigenvalue weighted by atomic mass is 16.5. The third kappa shape index (κ3) is 3.15. The highest BCUT2D eigenvalue weighted by Crippen LogP contribution is 2.34. The van der Waals surface area contributed by atoms with E-state index in [1.807, 2.05) is 6.92 Å². The molecule has 0 bridgehead atoms. The van der Waals surface area contributed by atoms with Crippen LogP contribution in [-0.4, -0.2) is 54.4 Å². The average Bonchev–Trinajstić information content (AvgIpc) is 2.83. The van der Waals surface area contributed by atoms with Crippen molar-refractivity contribution in [2.24, 2.45) is 5.73 Å². The Balaban J connectivity index is 2.01. The number of carbonyl (C=O) groups excluding carboxylic acids is 1. The number of nitrogens with two attached hydrogens (primary N) is 1. The molecule has 0 spiro atoms. The maximum absolute atomic E-state index is 12.0. The zero-order valence-electron chi connectivity index (χ0n) is 12.9. The molecule has 4 atom stereocenters. The molecule has 5 heteroatoms. The van der Waals surface area contributed by atoms with Crippen LogP contribution in [0.4, 0.5) is 0 Å². The van der Waals surface area contributed by atoms with Crippen LogP contribution in [0.5, 0.6) is 0 Å². The van der Waals surface area contributed by atoms with Gasteiger partial charge in [-0.1, -0.05) is 6.92 Å². The SMILES string of the molecule is CCOC(=O)C1(N)CCC(N2CC(C)OCC2CC)C1. The molecule has 2 rings (SSSR count). The van der Waals surface area contributed by atoms with Crippen LogP contribution < -0.4 is 5.73 Å². The van der Waals surface area contributed by atoms with Gasteiger partial charge in [-0.25, -0.2) is 0 Å². The Bertz CT molecular complexity index is 350. The van der Waals surface area contributed by atoms with Gasteiger partial charge in [0.15, 0.2) is 0 Å². The lowest BCUT2D eigenvalue weighted by molar-refractivity contribution is -0.149. The van der Waals surface area contributed by atoms with Crippen LogP contribution in [0.1, 0.15) is 46.5 Å². The van der Waals surface area contributed by atoms with Gasteiger partial charge in [0.25, 0.3) is 0 Å². The van der Waals surface area contributed by atoms with Gasteiger partial charge in [0.1, 0.15) is 5.54 Å². The third-order valence-electron chi connectivity index (χ3n) is 4.66. The summed E-state index contributed by atoms with van der Waals surface area (Å²) in [6.07, 6.45) is 3.72. The van der Waals surface area contributed by atoms with E-state index in [0.717, 1.165) is 32.4 Å². The summed E-state index contributed by atoms with van der Waals surface area (Å²) in [6, 6.07) is 0.821. The second-order valence-electron chi connectivity index (χ2n) is 6.18. The second-order valence-corrected chi connectivity index (χ2v) is 6.18. The van der Waals surface area contributed by atoms with Gasteiger partial charge >= 0.3 is 5.97 Å². The Kier molecular flexibility index (Phi) is 5.04. The number of morpholine rings is 1. The van der Waals surface area contributed by atoms with Crippen molar-refractivity contribution >= 4 is 5.97 Å². The van der Waals surface area contributed by atoms with Gasteiger partial charge in [0.05, 0.1) is 19.3 Å². The summed E-state index contributed by atoms with van der Waals surface area (Å²) in [7, 11) is 0. The van der Waals surface area contributed by atoms with E-state index in [1.165, 1.54) is 0 Å². The maximum atomic E-state index is 12.0. The van der Waals surface area contributed by atoms with E-state index in [1.54, 1.807) is 0 Å². The molecule has 2 aliphatic rings. The smallest absolute Gasteiger partial charge is 0.326 e. The molecule has 5 nitrogen and oxygen atoms in total. The minimum Gasteiger partial charge on any atom is -0.465 e. The van der Waals surface area contributed by atoms with Crippen LogP contribution in [0.15, 0.2) is 0 Å². The van der Waals surface area contributed by atoms with Crippen molar-refractivity contribution in [1.29, 1.82) is 0 Å². The fourth-order valence-electron chi connectivity index (χ4n) is 3.46. The van der Waals surface area contributed by atoms with Crippen molar-refractivity contribution < 1.29 is 14.3 Å². The monoisotopic (exact) mass is 284 g/mol. The molecule has 0 aromatic rings. The molecule has 4 unspecified atom stereocenters. The fraction of sp³-hybridized carbons (Fsp3) is 0.933.